The lowest BCUT2D eigenvalue weighted by Crippen LogP contribution is -2.34. The average Bonchev–Trinajstić information content (AvgIpc) is 3.16. The van der Waals surface area contributed by atoms with Gasteiger partial charge in [0.25, 0.3) is 5.69 Å². The predicted octanol–water partition coefficient (Wildman–Crippen LogP) is 3.13. The molecule has 8 heteroatoms. The number of fused-ring (bicyclic) bond motifs is 2. The summed E-state index contributed by atoms with van der Waals surface area (Å²) in [5.74, 6) is 1.77. The number of hydrogen-bond donors (Lipinski definition) is 0. The van der Waals surface area contributed by atoms with Crippen molar-refractivity contribution in [3.8, 4) is 17.2 Å². The highest BCUT2D eigenvalue weighted by Crippen LogP contribution is 2.50. The summed E-state index contributed by atoms with van der Waals surface area (Å²) in [5.41, 5.74) is 2.44. The van der Waals surface area contributed by atoms with Crippen LogP contribution < -0.4 is 14.2 Å². The summed E-state index contributed by atoms with van der Waals surface area (Å²) in [7, 11) is 3.56. The maximum absolute atomic E-state index is 12.9. The molecule has 0 N–H and O–H groups in total. The Morgan fingerprint density at radius 2 is 2.07 bits per heavy atom. The van der Waals surface area contributed by atoms with E-state index in [1.165, 1.54) is 24.3 Å². The molecule has 4 rings (SSSR count). The molecule has 2 aromatic rings. The second-order valence-electron chi connectivity index (χ2n) is 6.89. The van der Waals surface area contributed by atoms with E-state index in [1.54, 1.807) is 7.11 Å². The van der Waals surface area contributed by atoms with Crippen molar-refractivity contribution >= 4 is 11.5 Å². The number of Topliss-reactive ketones (excluding diaryl/α,β-unsaturated/α-hetero) is 1. The number of ether oxygens (including phenoxy) is 3. The van der Waals surface area contributed by atoms with E-state index in [0.717, 1.165) is 24.1 Å². The SMILES string of the molecule is COc1c2c(cc3c1C(CC(=O)c1ccc([N+](=O)[O-])cc1)N(C)CC3)OCO2. The normalized spacial score (nSPS) is 17.9. The third-order valence-corrected chi connectivity index (χ3v) is 5.33. The van der Waals surface area contributed by atoms with Crippen LogP contribution in [0.1, 0.15) is 33.9 Å². The number of nitro groups is 1. The van der Waals surface area contributed by atoms with Gasteiger partial charge in [-0.15, -0.1) is 0 Å². The summed E-state index contributed by atoms with van der Waals surface area (Å²) >= 11 is 0. The molecule has 146 valence electrons. The van der Waals surface area contributed by atoms with E-state index in [-0.39, 0.29) is 30.7 Å². The van der Waals surface area contributed by atoms with E-state index in [4.69, 9.17) is 14.2 Å². The zero-order chi connectivity index (χ0) is 19.8. The molecule has 28 heavy (non-hydrogen) atoms. The van der Waals surface area contributed by atoms with Crippen LogP contribution in [0.4, 0.5) is 5.69 Å². The molecule has 0 aliphatic carbocycles. The molecule has 0 spiro atoms. The van der Waals surface area contributed by atoms with Crippen molar-refractivity contribution in [2.45, 2.75) is 18.9 Å². The van der Waals surface area contributed by atoms with Crippen LogP contribution in [0.3, 0.4) is 0 Å². The molecular weight excluding hydrogens is 364 g/mol. The Morgan fingerprint density at radius 3 is 2.75 bits per heavy atom. The van der Waals surface area contributed by atoms with Crippen LogP contribution in [-0.4, -0.2) is 43.1 Å². The minimum atomic E-state index is -0.479. The Hall–Kier alpha value is -3.13. The Kier molecular flexibility index (Phi) is 4.64. The number of non-ortho nitro benzene ring substituents is 1. The molecule has 8 nitrogen and oxygen atoms in total. The average molecular weight is 384 g/mol. The van der Waals surface area contributed by atoms with Gasteiger partial charge in [0.1, 0.15) is 0 Å². The molecule has 0 bridgehead atoms. The molecule has 2 heterocycles. The van der Waals surface area contributed by atoms with E-state index >= 15 is 0 Å². The van der Waals surface area contributed by atoms with Crippen LogP contribution in [0.5, 0.6) is 17.2 Å². The van der Waals surface area contributed by atoms with Gasteiger partial charge in [-0.1, -0.05) is 0 Å². The molecule has 0 aromatic heterocycles. The molecule has 1 unspecified atom stereocenters. The van der Waals surface area contributed by atoms with Gasteiger partial charge in [0, 0.05) is 42.3 Å². The predicted molar refractivity (Wildman–Crippen MR) is 100 cm³/mol. The first-order chi connectivity index (χ1) is 13.5. The van der Waals surface area contributed by atoms with Crippen molar-refractivity contribution in [2.24, 2.45) is 0 Å². The second-order valence-corrected chi connectivity index (χ2v) is 6.89. The lowest BCUT2D eigenvalue weighted by molar-refractivity contribution is -0.384. The van der Waals surface area contributed by atoms with Gasteiger partial charge in [-0.3, -0.25) is 19.8 Å². The highest BCUT2D eigenvalue weighted by atomic mass is 16.7. The molecule has 0 saturated carbocycles. The third kappa shape index (κ3) is 3.05. The molecular formula is C20H20N2O6. The smallest absolute Gasteiger partial charge is 0.269 e. The Morgan fingerprint density at radius 1 is 1.32 bits per heavy atom. The first-order valence-corrected chi connectivity index (χ1v) is 8.97. The monoisotopic (exact) mass is 384 g/mol. The minimum Gasteiger partial charge on any atom is -0.492 e. The summed E-state index contributed by atoms with van der Waals surface area (Å²) in [4.78, 5) is 25.4. The summed E-state index contributed by atoms with van der Waals surface area (Å²) in [5, 5.41) is 10.8. The number of methoxy groups -OCH3 is 1. The fraction of sp³-hybridized carbons (Fsp3) is 0.350. The van der Waals surface area contributed by atoms with Gasteiger partial charge in [0.2, 0.25) is 12.5 Å². The van der Waals surface area contributed by atoms with Gasteiger partial charge in [0.05, 0.1) is 12.0 Å². The molecule has 0 saturated heterocycles. The first kappa shape index (κ1) is 18.2. The second kappa shape index (κ2) is 7.12. The fourth-order valence-electron chi connectivity index (χ4n) is 3.85. The Labute approximate surface area is 161 Å². The van der Waals surface area contributed by atoms with Crippen molar-refractivity contribution in [3.63, 3.8) is 0 Å². The van der Waals surface area contributed by atoms with Crippen LogP contribution in [0.25, 0.3) is 0 Å². The minimum absolute atomic E-state index is 0.0361. The summed E-state index contributed by atoms with van der Waals surface area (Å²) in [6.45, 7) is 0.949. The summed E-state index contributed by atoms with van der Waals surface area (Å²) in [6.07, 6.45) is 1.05. The lowest BCUT2D eigenvalue weighted by Gasteiger charge is -2.35. The Balaban J connectivity index is 1.67. The van der Waals surface area contributed by atoms with Crippen molar-refractivity contribution in [1.82, 2.24) is 4.90 Å². The summed E-state index contributed by atoms with van der Waals surface area (Å²) in [6, 6.07) is 7.49. The highest BCUT2D eigenvalue weighted by Gasteiger charge is 2.35. The highest BCUT2D eigenvalue weighted by molar-refractivity contribution is 5.96. The van der Waals surface area contributed by atoms with Crippen molar-refractivity contribution in [1.29, 1.82) is 0 Å². The van der Waals surface area contributed by atoms with Gasteiger partial charge in [-0.2, -0.15) is 0 Å². The number of carbonyl (C=O) groups excluding carboxylic acids is 1. The zero-order valence-electron chi connectivity index (χ0n) is 15.6. The van der Waals surface area contributed by atoms with Gasteiger partial charge in [0.15, 0.2) is 17.3 Å². The standard InChI is InChI=1S/C20H20N2O6/c1-21-8-7-13-9-17-19(28-11-27-17)20(26-2)18(13)15(21)10-16(23)12-3-5-14(6-4-12)22(24)25/h3-6,9,15H,7-8,10-11H2,1-2H3. The van der Waals surface area contributed by atoms with Gasteiger partial charge < -0.3 is 14.2 Å². The molecule has 0 amide bonds. The van der Waals surface area contributed by atoms with E-state index in [0.29, 0.717) is 22.8 Å². The van der Waals surface area contributed by atoms with Gasteiger partial charge >= 0.3 is 0 Å². The van der Waals surface area contributed by atoms with Crippen LogP contribution in [0, 0.1) is 10.1 Å². The van der Waals surface area contributed by atoms with Crippen molar-refractivity contribution < 1.29 is 23.9 Å². The van der Waals surface area contributed by atoms with E-state index in [2.05, 4.69) is 4.90 Å². The van der Waals surface area contributed by atoms with E-state index in [1.807, 2.05) is 13.1 Å². The Bertz CT molecular complexity index is 941. The van der Waals surface area contributed by atoms with E-state index in [9.17, 15) is 14.9 Å². The van der Waals surface area contributed by atoms with Crippen LogP contribution in [-0.2, 0) is 6.42 Å². The van der Waals surface area contributed by atoms with Crippen molar-refractivity contribution in [3.05, 3.63) is 57.1 Å². The van der Waals surface area contributed by atoms with Gasteiger partial charge in [-0.05, 0) is 37.2 Å². The number of ketones is 1. The zero-order valence-corrected chi connectivity index (χ0v) is 15.6. The maximum atomic E-state index is 12.9. The van der Waals surface area contributed by atoms with E-state index < -0.39 is 4.92 Å². The topological polar surface area (TPSA) is 91.1 Å². The number of benzene rings is 2. The molecule has 2 aliphatic heterocycles. The number of carbonyl (C=O) groups is 1. The van der Waals surface area contributed by atoms with Crippen LogP contribution in [0.2, 0.25) is 0 Å². The fourth-order valence-corrected chi connectivity index (χ4v) is 3.85. The molecule has 2 aliphatic rings. The number of hydrogen-bond acceptors (Lipinski definition) is 7. The number of nitro benzene ring substituents is 1. The number of rotatable bonds is 5. The number of likely N-dealkylation sites (N-methyl/N-ethyl adjacent to an activating group) is 1. The molecule has 2 aromatic carbocycles. The lowest BCUT2D eigenvalue weighted by atomic mass is 9.87. The molecule has 1 atom stereocenters. The van der Waals surface area contributed by atoms with Crippen LogP contribution in [0.15, 0.2) is 30.3 Å². The van der Waals surface area contributed by atoms with Gasteiger partial charge in [-0.25, -0.2) is 0 Å². The molecule has 0 fully saturated rings. The quantitative estimate of drug-likeness (QED) is 0.444. The third-order valence-electron chi connectivity index (χ3n) is 5.33. The molecule has 0 radical (unpaired) electrons. The van der Waals surface area contributed by atoms with Crippen molar-refractivity contribution in [2.75, 3.05) is 27.5 Å². The number of nitrogens with zero attached hydrogens (tertiary/aromatic N) is 2. The summed E-state index contributed by atoms with van der Waals surface area (Å²) < 4.78 is 16.7. The maximum Gasteiger partial charge on any atom is 0.269 e. The van der Waals surface area contributed by atoms with Crippen LogP contribution >= 0.6 is 0 Å². The largest absolute Gasteiger partial charge is 0.492 e. The first-order valence-electron chi connectivity index (χ1n) is 8.97.